The van der Waals surface area contributed by atoms with Gasteiger partial charge in [-0.1, -0.05) is 12.1 Å². The third-order valence-electron chi connectivity index (χ3n) is 5.72. The summed E-state index contributed by atoms with van der Waals surface area (Å²) in [6, 6.07) is 11.2. The Labute approximate surface area is 187 Å². The van der Waals surface area contributed by atoms with Crippen molar-refractivity contribution in [3.63, 3.8) is 0 Å². The lowest BCUT2D eigenvalue weighted by Crippen LogP contribution is -2.24. The highest BCUT2D eigenvalue weighted by atomic mass is 16.5. The first-order valence-corrected chi connectivity index (χ1v) is 10.9. The standard InChI is InChI=1S/C24H28N6O2/c1-16-10-19(23-27-15-30(29-23)14-17-6-8-20(25)9-7-17)12-22(28-16)24(31)26-13-18-4-3-5-21(11-18)32-2/h3-5,10-12,15,17,25H,6-9,13-14H2,1-2H3,(H,26,31). The van der Waals surface area contributed by atoms with Crippen LogP contribution in [0.2, 0.25) is 0 Å². The summed E-state index contributed by atoms with van der Waals surface area (Å²) in [6.45, 7) is 3.04. The Hall–Kier alpha value is -3.55. The molecule has 4 rings (SSSR count). The Morgan fingerprint density at radius 1 is 1.25 bits per heavy atom. The van der Waals surface area contributed by atoms with Gasteiger partial charge in [-0.15, -0.1) is 0 Å². The Morgan fingerprint density at radius 3 is 2.84 bits per heavy atom. The van der Waals surface area contributed by atoms with Crippen LogP contribution in [0.5, 0.6) is 5.75 Å². The van der Waals surface area contributed by atoms with Crippen molar-refractivity contribution in [3.8, 4) is 17.1 Å². The minimum absolute atomic E-state index is 0.248. The van der Waals surface area contributed by atoms with E-state index in [9.17, 15) is 4.79 Å². The zero-order valence-electron chi connectivity index (χ0n) is 18.5. The predicted octanol–water partition coefficient (Wildman–Crippen LogP) is 3.80. The van der Waals surface area contributed by atoms with E-state index >= 15 is 0 Å². The highest BCUT2D eigenvalue weighted by Gasteiger charge is 2.18. The maximum Gasteiger partial charge on any atom is 0.270 e. The summed E-state index contributed by atoms with van der Waals surface area (Å²) in [5.41, 5.74) is 3.64. The second-order valence-electron chi connectivity index (χ2n) is 8.25. The number of hydrogen-bond acceptors (Lipinski definition) is 6. The summed E-state index contributed by atoms with van der Waals surface area (Å²) in [7, 11) is 1.62. The number of nitrogens with one attached hydrogen (secondary N) is 2. The molecule has 1 amide bonds. The van der Waals surface area contributed by atoms with E-state index in [-0.39, 0.29) is 5.91 Å². The van der Waals surface area contributed by atoms with Gasteiger partial charge in [0, 0.05) is 30.1 Å². The Balaban J connectivity index is 1.43. The van der Waals surface area contributed by atoms with Gasteiger partial charge in [-0.3, -0.25) is 9.48 Å². The van der Waals surface area contributed by atoms with Crippen LogP contribution >= 0.6 is 0 Å². The predicted molar refractivity (Wildman–Crippen MR) is 122 cm³/mol. The Morgan fingerprint density at radius 2 is 2.06 bits per heavy atom. The number of hydrogen-bond donors (Lipinski definition) is 2. The molecular weight excluding hydrogens is 404 g/mol. The number of carbonyl (C=O) groups excluding carboxylic acids is 1. The van der Waals surface area contributed by atoms with Crippen LogP contribution in [0.15, 0.2) is 42.7 Å². The summed E-state index contributed by atoms with van der Waals surface area (Å²) in [5.74, 6) is 1.61. The summed E-state index contributed by atoms with van der Waals surface area (Å²) in [6.07, 6.45) is 5.56. The number of carbonyl (C=O) groups is 1. The van der Waals surface area contributed by atoms with E-state index in [1.807, 2.05) is 41.9 Å². The summed E-state index contributed by atoms with van der Waals surface area (Å²) < 4.78 is 7.10. The maximum absolute atomic E-state index is 12.7. The number of aromatic nitrogens is 4. The van der Waals surface area contributed by atoms with Crippen molar-refractivity contribution in [2.45, 2.75) is 45.7 Å². The van der Waals surface area contributed by atoms with E-state index in [4.69, 9.17) is 10.1 Å². The van der Waals surface area contributed by atoms with Crippen molar-refractivity contribution in [1.82, 2.24) is 25.1 Å². The summed E-state index contributed by atoms with van der Waals surface area (Å²) >= 11 is 0. The van der Waals surface area contributed by atoms with Gasteiger partial charge in [-0.05, 0) is 68.4 Å². The highest BCUT2D eigenvalue weighted by Crippen LogP contribution is 2.24. The van der Waals surface area contributed by atoms with Crippen LogP contribution in [0.25, 0.3) is 11.4 Å². The number of nitrogens with zero attached hydrogens (tertiary/aromatic N) is 4. The topological polar surface area (TPSA) is 106 Å². The molecule has 166 valence electrons. The van der Waals surface area contributed by atoms with E-state index in [1.165, 1.54) is 0 Å². The SMILES string of the molecule is COc1cccc(CNC(=O)c2cc(-c3ncn(CC4CCC(=N)CC4)n3)cc(C)n2)c1. The van der Waals surface area contributed by atoms with E-state index in [2.05, 4.69) is 20.4 Å². The number of amides is 1. The third kappa shape index (κ3) is 5.38. The molecule has 1 aromatic carbocycles. The fourth-order valence-electron chi connectivity index (χ4n) is 3.96. The summed E-state index contributed by atoms with van der Waals surface area (Å²) in [4.78, 5) is 21.6. The number of aryl methyl sites for hydroxylation is 1. The van der Waals surface area contributed by atoms with E-state index < -0.39 is 0 Å². The molecule has 1 aliphatic carbocycles. The maximum atomic E-state index is 12.7. The van der Waals surface area contributed by atoms with Crippen molar-refractivity contribution in [2.24, 2.45) is 5.92 Å². The fourth-order valence-corrected chi connectivity index (χ4v) is 3.96. The molecule has 0 atom stereocenters. The van der Waals surface area contributed by atoms with E-state index in [0.29, 0.717) is 24.0 Å². The first-order chi connectivity index (χ1) is 15.5. The third-order valence-corrected chi connectivity index (χ3v) is 5.72. The molecule has 0 saturated heterocycles. The monoisotopic (exact) mass is 432 g/mol. The number of pyridine rings is 1. The molecule has 1 aliphatic rings. The molecule has 2 aromatic heterocycles. The molecule has 2 N–H and O–H groups in total. The van der Waals surface area contributed by atoms with Gasteiger partial charge in [0.1, 0.15) is 17.8 Å². The molecular formula is C24H28N6O2. The second kappa shape index (κ2) is 9.72. The molecule has 0 unspecified atom stereocenters. The van der Waals surface area contributed by atoms with Crippen molar-refractivity contribution in [1.29, 1.82) is 5.41 Å². The molecule has 32 heavy (non-hydrogen) atoms. The van der Waals surface area contributed by atoms with Gasteiger partial charge >= 0.3 is 0 Å². The normalized spacial score (nSPS) is 16.1. The Kier molecular flexibility index (Phi) is 6.58. The van der Waals surface area contributed by atoms with Gasteiger partial charge in [-0.25, -0.2) is 9.97 Å². The molecule has 3 aromatic rings. The first-order valence-electron chi connectivity index (χ1n) is 10.9. The number of benzene rings is 1. The molecule has 8 heteroatoms. The number of ether oxygens (including phenoxy) is 1. The number of rotatable bonds is 7. The smallest absolute Gasteiger partial charge is 0.270 e. The van der Waals surface area contributed by atoms with Crippen LogP contribution < -0.4 is 10.1 Å². The highest BCUT2D eigenvalue weighted by molar-refractivity contribution is 5.93. The molecule has 1 fully saturated rings. The van der Waals surface area contributed by atoms with Crippen LogP contribution in [0, 0.1) is 18.3 Å². The lowest BCUT2D eigenvalue weighted by Gasteiger charge is -2.21. The van der Waals surface area contributed by atoms with Crippen LogP contribution in [0.3, 0.4) is 0 Å². The quantitative estimate of drug-likeness (QED) is 0.591. The molecule has 0 aliphatic heterocycles. The van der Waals surface area contributed by atoms with Gasteiger partial charge in [0.05, 0.1) is 7.11 Å². The van der Waals surface area contributed by atoms with E-state index in [1.54, 1.807) is 19.5 Å². The van der Waals surface area contributed by atoms with Gasteiger partial charge in [-0.2, -0.15) is 5.10 Å². The zero-order valence-corrected chi connectivity index (χ0v) is 18.5. The molecule has 0 radical (unpaired) electrons. The molecule has 8 nitrogen and oxygen atoms in total. The second-order valence-corrected chi connectivity index (χ2v) is 8.25. The minimum Gasteiger partial charge on any atom is -0.497 e. The van der Waals surface area contributed by atoms with Crippen LogP contribution in [-0.4, -0.2) is 38.5 Å². The molecule has 2 heterocycles. The van der Waals surface area contributed by atoms with Gasteiger partial charge in [0.25, 0.3) is 5.91 Å². The first kappa shape index (κ1) is 21.7. The van der Waals surface area contributed by atoms with Crippen molar-refractivity contribution in [3.05, 3.63) is 59.7 Å². The van der Waals surface area contributed by atoms with Crippen molar-refractivity contribution >= 4 is 11.6 Å². The summed E-state index contributed by atoms with van der Waals surface area (Å²) in [5, 5.41) is 15.3. The lowest BCUT2D eigenvalue weighted by molar-refractivity contribution is 0.0945. The molecule has 0 spiro atoms. The van der Waals surface area contributed by atoms with Crippen LogP contribution in [0.4, 0.5) is 0 Å². The Bertz CT molecular complexity index is 1110. The van der Waals surface area contributed by atoms with Crippen molar-refractivity contribution < 1.29 is 9.53 Å². The average molecular weight is 433 g/mol. The van der Waals surface area contributed by atoms with Crippen molar-refractivity contribution in [2.75, 3.05) is 7.11 Å². The van der Waals surface area contributed by atoms with Crippen LogP contribution in [-0.2, 0) is 13.1 Å². The molecule has 1 saturated carbocycles. The minimum atomic E-state index is -0.248. The number of methoxy groups -OCH3 is 1. The average Bonchev–Trinajstić information content (AvgIpc) is 3.27. The van der Waals surface area contributed by atoms with Gasteiger partial charge in [0.2, 0.25) is 0 Å². The van der Waals surface area contributed by atoms with Gasteiger partial charge in [0.15, 0.2) is 5.82 Å². The zero-order chi connectivity index (χ0) is 22.5. The largest absolute Gasteiger partial charge is 0.497 e. The van der Waals surface area contributed by atoms with Gasteiger partial charge < -0.3 is 15.5 Å². The fraction of sp³-hybridized carbons (Fsp3) is 0.375. The van der Waals surface area contributed by atoms with Crippen LogP contribution in [0.1, 0.15) is 47.4 Å². The lowest BCUT2D eigenvalue weighted by atomic mass is 9.88. The molecule has 0 bridgehead atoms. The van der Waals surface area contributed by atoms with E-state index in [0.717, 1.165) is 60.5 Å².